The van der Waals surface area contributed by atoms with Gasteiger partial charge in [-0.25, -0.2) is 0 Å². The molecule has 3 nitrogen and oxygen atoms in total. The maximum Gasteiger partial charge on any atom is 0.255 e. The molecule has 1 saturated heterocycles. The van der Waals surface area contributed by atoms with Gasteiger partial charge in [-0.05, 0) is 54.9 Å². The van der Waals surface area contributed by atoms with Crippen LogP contribution in [0.4, 0.5) is 5.69 Å². The van der Waals surface area contributed by atoms with E-state index in [0.29, 0.717) is 11.8 Å². The molecule has 0 radical (unpaired) electrons. The third kappa shape index (κ3) is 2.68. The Labute approximate surface area is 161 Å². The number of nitrogens with zero attached hydrogens (tertiary/aromatic N) is 1. The first-order chi connectivity index (χ1) is 13.2. The first-order valence-electron chi connectivity index (χ1n) is 10.1. The van der Waals surface area contributed by atoms with Crippen molar-refractivity contribution in [2.75, 3.05) is 18.4 Å². The van der Waals surface area contributed by atoms with Crippen LogP contribution < -0.4 is 5.32 Å². The summed E-state index contributed by atoms with van der Waals surface area (Å²) in [6, 6.07) is 15.1. The number of nitrogens with one attached hydrogen (secondary N) is 1. The molecule has 3 aliphatic rings. The number of para-hydroxylation sites is 1. The van der Waals surface area contributed by atoms with Crippen molar-refractivity contribution in [1.29, 1.82) is 0 Å². The summed E-state index contributed by atoms with van der Waals surface area (Å²) in [6.45, 7) is 3.95. The topological polar surface area (TPSA) is 32.3 Å². The molecule has 138 valence electrons. The van der Waals surface area contributed by atoms with E-state index < -0.39 is 0 Å². The largest absolute Gasteiger partial charge is 0.377 e. The molecular weight excluding hydrogens is 332 g/mol. The fourth-order valence-electron chi connectivity index (χ4n) is 5.13. The number of carbonyl (C=O) groups is 1. The molecule has 2 heterocycles. The average Bonchev–Trinajstić information content (AvgIpc) is 3.39. The lowest BCUT2D eigenvalue weighted by atomic mass is 9.75. The van der Waals surface area contributed by atoms with Crippen LogP contribution in [0.1, 0.15) is 58.3 Å². The van der Waals surface area contributed by atoms with Gasteiger partial charge in [-0.2, -0.15) is 0 Å². The van der Waals surface area contributed by atoms with Crippen LogP contribution in [0.5, 0.6) is 0 Å². The third-order valence-corrected chi connectivity index (χ3v) is 6.54. The molecule has 1 N–H and O–H groups in total. The fraction of sp³-hybridized carbons (Fsp3) is 0.375. The van der Waals surface area contributed by atoms with Gasteiger partial charge in [-0.3, -0.25) is 4.79 Å². The summed E-state index contributed by atoms with van der Waals surface area (Å²) in [7, 11) is 0. The molecule has 1 aliphatic carbocycles. The Morgan fingerprint density at radius 3 is 2.63 bits per heavy atom. The number of benzene rings is 2. The lowest BCUT2D eigenvalue weighted by Gasteiger charge is -2.39. The molecule has 27 heavy (non-hydrogen) atoms. The van der Waals surface area contributed by atoms with Crippen LogP contribution in [0, 0.1) is 12.8 Å². The van der Waals surface area contributed by atoms with E-state index in [1.807, 2.05) is 11.0 Å². The Balaban J connectivity index is 1.60. The predicted octanol–water partition coefficient (Wildman–Crippen LogP) is 5.06. The fourth-order valence-corrected chi connectivity index (χ4v) is 5.13. The van der Waals surface area contributed by atoms with E-state index in [0.717, 1.165) is 43.6 Å². The highest BCUT2D eigenvalue weighted by molar-refractivity contribution is 6.01. The van der Waals surface area contributed by atoms with E-state index in [9.17, 15) is 4.79 Å². The van der Waals surface area contributed by atoms with E-state index >= 15 is 0 Å². The Morgan fingerprint density at radius 2 is 1.81 bits per heavy atom. The maximum absolute atomic E-state index is 13.2. The second kappa shape index (κ2) is 6.56. The summed E-state index contributed by atoms with van der Waals surface area (Å²) in [6.07, 6.45) is 7.98. The van der Waals surface area contributed by atoms with Gasteiger partial charge in [-0.15, -0.1) is 0 Å². The molecule has 0 aromatic heterocycles. The molecule has 0 saturated carbocycles. The molecule has 0 spiro atoms. The Kier molecular flexibility index (Phi) is 4.04. The molecule has 3 unspecified atom stereocenters. The number of hydrogen-bond acceptors (Lipinski definition) is 2. The van der Waals surface area contributed by atoms with Crippen molar-refractivity contribution in [2.45, 2.75) is 38.1 Å². The molecular formula is C24H26N2O. The number of likely N-dealkylation sites (tertiary alicyclic amines) is 1. The Bertz CT molecular complexity index is 910. The number of aryl methyl sites for hydroxylation is 1. The molecule has 2 aromatic carbocycles. The molecule has 2 aromatic rings. The monoisotopic (exact) mass is 358 g/mol. The average molecular weight is 358 g/mol. The van der Waals surface area contributed by atoms with Crippen LogP contribution in [0.3, 0.4) is 0 Å². The van der Waals surface area contributed by atoms with Crippen LogP contribution in [0.25, 0.3) is 0 Å². The first kappa shape index (κ1) is 16.6. The van der Waals surface area contributed by atoms with E-state index in [1.165, 1.54) is 16.7 Å². The molecule has 3 heteroatoms. The van der Waals surface area contributed by atoms with Crippen LogP contribution in [-0.4, -0.2) is 23.9 Å². The van der Waals surface area contributed by atoms with Gasteiger partial charge in [0, 0.05) is 19.0 Å². The zero-order valence-corrected chi connectivity index (χ0v) is 15.8. The normalized spacial score (nSPS) is 25.8. The van der Waals surface area contributed by atoms with Gasteiger partial charge in [0.05, 0.1) is 17.3 Å². The van der Waals surface area contributed by atoms with Crippen molar-refractivity contribution < 1.29 is 4.79 Å². The molecule has 1 amide bonds. The minimum absolute atomic E-state index is 0.181. The van der Waals surface area contributed by atoms with Gasteiger partial charge in [-0.1, -0.05) is 48.6 Å². The van der Waals surface area contributed by atoms with Gasteiger partial charge in [0.15, 0.2) is 0 Å². The lowest BCUT2D eigenvalue weighted by Crippen LogP contribution is -2.33. The van der Waals surface area contributed by atoms with Crippen molar-refractivity contribution in [3.8, 4) is 0 Å². The number of anilines is 1. The third-order valence-electron chi connectivity index (χ3n) is 6.54. The quantitative estimate of drug-likeness (QED) is 0.761. The molecule has 5 rings (SSSR count). The zero-order valence-electron chi connectivity index (χ0n) is 15.8. The van der Waals surface area contributed by atoms with Crippen molar-refractivity contribution in [2.24, 2.45) is 5.92 Å². The Morgan fingerprint density at radius 1 is 1.04 bits per heavy atom. The summed E-state index contributed by atoms with van der Waals surface area (Å²) in [5.74, 6) is 1.08. The molecule has 2 aliphatic heterocycles. The number of hydrogen-bond donors (Lipinski definition) is 1. The second-order valence-electron chi connectivity index (χ2n) is 8.10. The number of carbonyl (C=O) groups excluding carboxylic acids is 1. The summed E-state index contributed by atoms with van der Waals surface area (Å²) in [4.78, 5) is 15.2. The van der Waals surface area contributed by atoms with Crippen molar-refractivity contribution in [3.63, 3.8) is 0 Å². The minimum Gasteiger partial charge on any atom is -0.377 e. The molecule has 0 bridgehead atoms. The zero-order chi connectivity index (χ0) is 18.4. The van der Waals surface area contributed by atoms with E-state index in [-0.39, 0.29) is 11.9 Å². The van der Waals surface area contributed by atoms with Gasteiger partial charge in [0.25, 0.3) is 5.91 Å². The lowest BCUT2D eigenvalue weighted by molar-refractivity contribution is 0.0793. The first-order valence-corrected chi connectivity index (χ1v) is 10.1. The van der Waals surface area contributed by atoms with E-state index in [1.54, 1.807) is 0 Å². The number of rotatable bonds is 2. The van der Waals surface area contributed by atoms with Crippen LogP contribution in [0.2, 0.25) is 0 Å². The Hall–Kier alpha value is -2.55. The summed E-state index contributed by atoms with van der Waals surface area (Å²) in [5, 5.41) is 3.81. The van der Waals surface area contributed by atoms with Crippen LogP contribution >= 0.6 is 0 Å². The van der Waals surface area contributed by atoms with Crippen molar-refractivity contribution in [3.05, 3.63) is 76.9 Å². The van der Waals surface area contributed by atoms with Crippen LogP contribution in [0.15, 0.2) is 54.6 Å². The van der Waals surface area contributed by atoms with E-state index in [2.05, 4.69) is 60.8 Å². The van der Waals surface area contributed by atoms with Crippen molar-refractivity contribution >= 4 is 11.6 Å². The number of amides is 1. The molecule has 1 fully saturated rings. The SMILES string of the molecule is Cc1ccccc1C1Nc2c(C(=O)N3CCCC3)cccc2C2C=CCC21. The standard InChI is InChI=1S/C24H26N2O/c1-16-8-2-3-9-17(16)22-19-11-6-10-18(19)20-12-7-13-21(23(20)25-22)24(27)26-14-4-5-15-26/h2-3,6-10,12-13,18-19,22,25H,4-5,11,14-15H2,1H3. The summed E-state index contributed by atoms with van der Waals surface area (Å²) in [5.41, 5.74) is 5.84. The number of fused-ring (bicyclic) bond motifs is 3. The second-order valence-corrected chi connectivity index (χ2v) is 8.10. The highest BCUT2D eigenvalue weighted by Crippen LogP contribution is 2.51. The minimum atomic E-state index is 0.181. The molecule has 3 atom stereocenters. The summed E-state index contributed by atoms with van der Waals surface area (Å²) < 4.78 is 0. The number of allylic oxidation sites excluding steroid dienone is 2. The highest BCUT2D eigenvalue weighted by Gasteiger charge is 2.40. The maximum atomic E-state index is 13.2. The predicted molar refractivity (Wildman–Crippen MR) is 109 cm³/mol. The van der Waals surface area contributed by atoms with E-state index in [4.69, 9.17) is 0 Å². The van der Waals surface area contributed by atoms with Gasteiger partial charge in [0.2, 0.25) is 0 Å². The highest BCUT2D eigenvalue weighted by atomic mass is 16.2. The summed E-state index contributed by atoms with van der Waals surface area (Å²) >= 11 is 0. The van der Waals surface area contributed by atoms with Crippen LogP contribution in [-0.2, 0) is 0 Å². The van der Waals surface area contributed by atoms with Crippen molar-refractivity contribution in [1.82, 2.24) is 4.90 Å². The van der Waals surface area contributed by atoms with Gasteiger partial charge < -0.3 is 10.2 Å². The van der Waals surface area contributed by atoms with Gasteiger partial charge >= 0.3 is 0 Å². The van der Waals surface area contributed by atoms with Gasteiger partial charge in [0.1, 0.15) is 0 Å². The smallest absolute Gasteiger partial charge is 0.255 e.